The van der Waals surface area contributed by atoms with E-state index in [1.54, 1.807) is 24.3 Å². The van der Waals surface area contributed by atoms with Crippen molar-refractivity contribution in [2.45, 2.75) is 19.5 Å². The molecule has 1 fully saturated rings. The summed E-state index contributed by atoms with van der Waals surface area (Å²) in [7, 11) is 0. The molecular weight excluding hydrogens is 445 g/mol. The number of nitrogens with one attached hydrogen (secondary N) is 2. The largest absolute Gasteiger partial charge is 0.416 e. The molecule has 0 saturated carbocycles. The Morgan fingerprint density at radius 3 is 2.56 bits per heavy atom. The van der Waals surface area contributed by atoms with Crippen LogP contribution >= 0.6 is 12.2 Å². The molecule has 0 unspecified atom stereocenters. The minimum atomic E-state index is -4.52. The summed E-state index contributed by atoms with van der Waals surface area (Å²) in [5.74, 6) is -3.43. The first-order valence-electron chi connectivity index (χ1n) is 9.30. The van der Waals surface area contributed by atoms with Crippen LogP contribution in [0.2, 0.25) is 0 Å². The fraction of sp³-hybridized carbons (Fsp3) is 0.190. The highest BCUT2D eigenvalue weighted by atomic mass is 32.1. The van der Waals surface area contributed by atoms with Crippen molar-refractivity contribution in [2.24, 2.45) is 11.0 Å². The number of thiocarbonyl (C=S) groups is 1. The first kappa shape index (κ1) is 23.1. The lowest BCUT2D eigenvalue weighted by Gasteiger charge is -2.30. The van der Waals surface area contributed by atoms with Crippen LogP contribution in [0.25, 0.3) is 0 Å². The summed E-state index contributed by atoms with van der Waals surface area (Å²) in [6.07, 6.45) is -3.94. The Morgan fingerprint density at radius 1 is 1.22 bits per heavy atom. The number of hydrogen-bond acceptors (Lipinski definition) is 5. The molecule has 1 heterocycles. The molecule has 0 spiro atoms. The number of benzene rings is 2. The molecule has 11 heteroatoms. The number of hydrazone groups is 1. The number of halogens is 3. The highest BCUT2D eigenvalue weighted by Gasteiger charge is 2.38. The average Bonchev–Trinajstić information content (AvgIpc) is 2.71. The Morgan fingerprint density at radius 2 is 1.91 bits per heavy atom. The number of hydrogen-bond donors (Lipinski definition) is 2. The van der Waals surface area contributed by atoms with E-state index in [-0.39, 0.29) is 17.1 Å². The van der Waals surface area contributed by atoms with Gasteiger partial charge in [0, 0.05) is 6.21 Å². The number of carbonyl (C=O) groups excluding carboxylic acids is 3. The second-order valence-corrected chi connectivity index (χ2v) is 7.36. The summed E-state index contributed by atoms with van der Waals surface area (Å²) in [5, 5.41) is 5.96. The monoisotopic (exact) mass is 462 g/mol. The van der Waals surface area contributed by atoms with E-state index in [0.29, 0.717) is 5.69 Å². The number of rotatable bonds is 5. The lowest BCUT2D eigenvalue weighted by atomic mass is 10.1. The molecule has 0 aliphatic carbocycles. The number of anilines is 1. The van der Waals surface area contributed by atoms with Gasteiger partial charge in [0.25, 0.3) is 5.91 Å². The maximum absolute atomic E-state index is 12.8. The van der Waals surface area contributed by atoms with E-state index in [9.17, 15) is 27.6 Å². The summed E-state index contributed by atoms with van der Waals surface area (Å²) >= 11 is 5.09. The van der Waals surface area contributed by atoms with Crippen LogP contribution in [0.4, 0.5) is 18.9 Å². The highest BCUT2D eigenvalue weighted by molar-refractivity contribution is 7.80. The molecule has 0 radical (unpaired) electrons. The predicted octanol–water partition coefficient (Wildman–Crippen LogP) is 2.72. The van der Waals surface area contributed by atoms with Gasteiger partial charge in [0.2, 0.25) is 11.8 Å². The Bertz CT molecular complexity index is 1100. The fourth-order valence-corrected chi connectivity index (χ4v) is 3.22. The summed E-state index contributed by atoms with van der Waals surface area (Å²) in [6, 6.07) is 11.2. The van der Waals surface area contributed by atoms with E-state index >= 15 is 0 Å². The third-order valence-electron chi connectivity index (χ3n) is 4.53. The molecule has 1 saturated heterocycles. The van der Waals surface area contributed by atoms with Crippen LogP contribution in [0.5, 0.6) is 0 Å². The molecule has 1 aliphatic heterocycles. The van der Waals surface area contributed by atoms with Gasteiger partial charge in [0.05, 0.1) is 17.7 Å². The van der Waals surface area contributed by atoms with Crippen LogP contribution in [0.3, 0.4) is 0 Å². The molecule has 1 atom stereocenters. The van der Waals surface area contributed by atoms with E-state index in [1.165, 1.54) is 12.1 Å². The first-order valence-corrected chi connectivity index (χ1v) is 9.70. The summed E-state index contributed by atoms with van der Waals surface area (Å²) in [5.41, 5.74) is 2.80. The summed E-state index contributed by atoms with van der Waals surface area (Å²) in [4.78, 5) is 38.2. The molecule has 3 amide bonds. The minimum Gasteiger partial charge on any atom is -0.301 e. The van der Waals surface area contributed by atoms with Crippen LogP contribution in [-0.2, 0) is 27.0 Å². The van der Waals surface area contributed by atoms with Gasteiger partial charge >= 0.3 is 6.18 Å². The van der Waals surface area contributed by atoms with Crippen LogP contribution in [-0.4, -0.2) is 29.0 Å². The lowest BCUT2D eigenvalue weighted by molar-refractivity contribution is -0.137. The average molecular weight is 462 g/mol. The smallest absolute Gasteiger partial charge is 0.301 e. The normalized spacial score (nSPS) is 16.9. The number of amides is 3. The second kappa shape index (κ2) is 9.27. The van der Waals surface area contributed by atoms with Crippen molar-refractivity contribution in [3.8, 4) is 0 Å². The van der Waals surface area contributed by atoms with E-state index in [2.05, 4.69) is 15.8 Å². The molecule has 3 rings (SSSR count). The van der Waals surface area contributed by atoms with Crippen LogP contribution < -0.4 is 15.6 Å². The zero-order chi connectivity index (χ0) is 23.5. The van der Waals surface area contributed by atoms with E-state index in [4.69, 9.17) is 12.2 Å². The van der Waals surface area contributed by atoms with Crippen molar-refractivity contribution in [3.05, 3.63) is 65.2 Å². The van der Waals surface area contributed by atoms with Crippen LogP contribution in [0.1, 0.15) is 16.7 Å². The summed E-state index contributed by atoms with van der Waals surface area (Å²) < 4.78 is 38.3. The van der Waals surface area contributed by atoms with Crippen molar-refractivity contribution in [1.82, 2.24) is 10.7 Å². The van der Waals surface area contributed by atoms with Crippen molar-refractivity contribution in [1.29, 1.82) is 0 Å². The van der Waals surface area contributed by atoms with Gasteiger partial charge in [-0.05, 0) is 42.9 Å². The Kier molecular flexibility index (Phi) is 6.68. The van der Waals surface area contributed by atoms with Gasteiger partial charge in [-0.3, -0.25) is 19.3 Å². The van der Waals surface area contributed by atoms with Crippen molar-refractivity contribution < 1.29 is 27.6 Å². The maximum atomic E-state index is 12.8. The second-order valence-electron chi connectivity index (χ2n) is 6.97. The number of carbonyl (C=O) groups is 3. The molecule has 166 valence electrons. The Hall–Kier alpha value is -3.60. The van der Waals surface area contributed by atoms with Crippen molar-refractivity contribution in [2.75, 3.05) is 4.90 Å². The summed E-state index contributed by atoms with van der Waals surface area (Å²) in [6.45, 7) is 1.87. The SMILES string of the molecule is Cc1ccc(N2C(=O)[C@H](/C=N\NC(=O)Cc3cccc(C(F)(F)F)c3)C(=O)NC2=S)cc1. The maximum Gasteiger partial charge on any atom is 0.416 e. The van der Waals surface area contributed by atoms with E-state index < -0.39 is 35.4 Å². The zero-order valence-electron chi connectivity index (χ0n) is 16.6. The van der Waals surface area contributed by atoms with Gasteiger partial charge in [-0.15, -0.1) is 0 Å². The number of alkyl halides is 3. The van der Waals surface area contributed by atoms with Gasteiger partial charge in [-0.2, -0.15) is 18.3 Å². The fourth-order valence-electron chi connectivity index (χ4n) is 2.93. The van der Waals surface area contributed by atoms with Gasteiger partial charge in [-0.25, -0.2) is 5.43 Å². The third kappa shape index (κ3) is 5.35. The van der Waals surface area contributed by atoms with Crippen molar-refractivity contribution >= 4 is 47.0 Å². The van der Waals surface area contributed by atoms with Crippen LogP contribution in [0.15, 0.2) is 53.6 Å². The molecule has 7 nitrogen and oxygen atoms in total. The molecule has 32 heavy (non-hydrogen) atoms. The van der Waals surface area contributed by atoms with Crippen LogP contribution in [0, 0.1) is 12.8 Å². The Labute approximate surface area is 186 Å². The van der Waals surface area contributed by atoms with Gasteiger partial charge in [-0.1, -0.05) is 35.9 Å². The lowest BCUT2D eigenvalue weighted by Crippen LogP contribution is -2.58. The number of aryl methyl sites for hydroxylation is 1. The quantitative estimate of drug-likeness (QED) is 0.310. The molecule has 0 aromatic heterocycles. The van der Waals surface area contributed by atoms with E-state index in [1.807, 2.05) is 6.92 Å². The molecule has 2 aromatic carbocycles. The predicted molar refractivity (Wildman–Crippen MR) is 115 cm³/mol. The molecular formula is C21H17F3N4O3S. The minimum absolute atomic E-state index is 0.0814. The molecule has 2 aromatic rings. The topological polar surface area (TPSA) is 90.9 Å². The van der Waals surface area contributed by atoms with Gasteiger partial charge in [0.1, 0.15) is 0 Å². The first-order chi connectivity index (χ1) is 15.1. The molecule has 0 bridgehead atoms. The number of nitrogens with zero attached hydrogens (tertiary/aromatic N) is 2. The molecule has 2 N–H and O–H groups in total. The molecule has 1 aliphatic rings. The van der Waals surface area contributed by atoms with Gasteiger partial charge in [0.15, 0.2) is 11.0 Å². The zero-order valence-corrected chi connectivity index (χ0v) is 17.5. The Balaban J connectivity index is 1.66. The van der Waals surface area contributed by atoms with Crippen molar-refractivity contribution in [3.63, 3.8) is 0 Å². The highest BCUT2D eigenvalue weighted by Crippen LogP contribution is 2.29. The standard InChI is InChI=1S/C21H17F3N4O3S/c1-12-5-7-15(8-6-12)28-19(31)16(18(30)26-20(28)32)11-25-27-17(29)10-13-3-2-4-14(9-13)21(22,23)24/h2-9,11,16H,10H2,1H3,(H,27,29)(H,26,30,32)/b25-11-/t16-/m1/s1. The van der Waals surface area contributed by atoms with E-state index in [0.717, 1.165) is 28.8 Å². The third-order valence-corrected chi connectivity index (χ3v) is 4.81. The van der Waals surface area contributed by atoms with Gasteiger partial charge < -0.3 is 5.32 Å².